The van der Waals surface area contributed by atoms with E-state index < -0.39 is 35.1 Å². The molecule has 10 heteroatoms. The smallest absolute Gasteiger partial charge is 0.418 e. The van der Waals surface area contributed by atoms with E-state index >= 15 is 0 Å². The molecule has 0 bridgehead atoms. The Morgan fingerprint density at radius 2 is 1.59 bits per heavy atom. The van der Waals surface area contributed by atoms with Crippen molar-refractivity contribution in [3.63, 3.8) is 0 Å². The molecule has 0 aliphatic rings. The zero-order valence-electron chi connectivity index (χ0n) is 18.1. The molecule has 0 saturated heterocycles. The molecule has 6 nitrogen and oxygen atoms in total. The number of halogens is 4. The van der Waals surface area contributed by atoms with Crippen molar-refractivity contribution in [3.05, 3.63) is 83.2 Å². The Kier molecular flexibility index (Phi) is 7.40. The van der Waals surface area contributed by atoms with Gasteiger partial charge in [0.25, 0.3) is 5.91 Å². The number of benzene rings is 3. The van der Waals surface area contributed by atoms with Gasteiger partial charge in [0, 0.05) is 22.9 Å². The molecule has 3 rings (SSSR count). The maximum atomic E-state index is 13.7. The van der Waals surface area contributed by atoms with Crippen LogP contribution in [0.5, 0.6) is 11.5 Å². The molecule has 0 radical (unpaired) electrons. The summed E-state index contributed by atoms with van der Waals surface area (Å²) in [4.78, 5) is 24.7. The summed E-state index contributed by atoms with van der Waals surface area (Å²) in [6.45, 7) is 0. The van der Waals surface area contributed by atoms with Gasteiger partial charge in [-0.15, -0.1) is 0 Å². The summed E-state index contributed by atoms with van der Waals surface area (Å²) in [5.41, 5.74) is -1.22. The van der Waals surface area contributed by atoms with Crippen molar-refractivity contribution >= 4 is 23.2 Å². The van der Waals surface area contributed by atoms with Crippen molar-refractivity contribution < 1.29 is 36.6 Å². The summed E-state index contributed by atoms with van der Waals surface area (Å²) >= 11 is 0. The van der Waals surface area contributed by atoms with E-state index in [4.69, 9.17) is 9.47 Å². The van der Waals surface area contributed by atoms with Crippen LogP contribution in [0.4, 0.5) is 28.9 Å². The summed E-state index contributed by atoms with van der Waals surface area (Å²) < 4.78 is 64.3. The normalized spacial score (nSPS) is 11.0. The van der Waals surface area contributed by atoms with Crippen LogP contribution in [0.25, 0.3) is 0 Å². The first-order chi connectivity index (χ1) is 16.1. The van der Waals surface area contributed by atoms with Gasteiger partial charge in [-0.1, -0.05) is 6.07 Å². The Bertz CT molecular complexity index is 1190. The number of rotatable bonds is 7. The van der Waals surface area contributed by atoms with Gasteiger partial charge in [-0.25, -0.2) is 4.39 Å². The maximum absolute atomic E-state index is 13.7. The predicted molar refractivity (Wildman–Crippen MR) is 118 cm³/mol. The fourth-order valence-corrected chi connectivity index (χ4v) is 3.14. The van der Waals surface area contributed by atoms with Crippen LogP contribution in [0.15, 0.2) is 60.7 Å². The Morgan fingerprint density at radius 1 is 0.882 bits per heavy atom. The summed E-state index contributed by atoms with van der Waals surface area (Å²) in [5.74, 6) is -1.11. The number of hydrogen-bond acceptors (Lipinski definition) is 4. The Morgan fingerprint density at radius 3 is 2.21 bits per heavy atom. The van der Waals surface area contributed by atoms with Crippen LogP contribution in [0.3, 0.4) is 0 Å². The zero-order valence-corrected chi connectivity index (χ0v) is 18.1. The Balaban J connectivity index is 1.79. The Hall–Kier alpha value is -4.08. The number of hydrogen-bond donors (Lipinski definition) is 2. The standard InChI is InChI=1S/C24H20F4N2O4/c1-33-18-9-5-15(21(13-18)34-2)11-22(31)30-20-10-8-17(12-19(20)24(26,27)28)29-23(32)14-3-6-16(25)7-4-14/h3-10,12-13H,11H2,1-2H3,(H,29,32)(H,30,31). The van der Waals surface area contributed by atoms with Gasteiger partial charge in [-0.05, 0) is 48.5 Å². The molecule has 0 spiro atoms. The van der Waals surface area contributed by atoms with Crippen LogP contribution in [-0.4, -0.2) is 26.0 Å². The van der Waals surface area contributed by atoms with Gasteiger partial charge in [0.2, 0.25) is 5.91 Å². The summed E-state index contributed by atoms with van der Waals surface area (Å²) in [7, 11) is 2.86. The van der Waals surface area contributed by atoms with Crippen LogP contribution in [0, 0.1) is 5.82 Å². The van der Waals surface area contributed by atoms with Gasteiger partial charge in [0.1, 0.15) is 17.3 Å². The number of methoxy groups -OCH3 is 2. The van der Waals surface area contributed by atoms with E-state index in [0.717, 1.165) is 18.2 Å². The number of nitrogens with one attached hydrogen (secondary N) is 2. The molecule has 0 atom stereocenters. The summed E-state index contributed by atoms with van der Waals surface area (Å²) in [6.07, 6.45) is -5.05. The van der Waals surface area contributed by atoms with Crippen molar-refractivity contribution in [1.82, 2.24) is 0 Å². The maximum Gasteiger partial charge on any atom is 0.418 e. The molecule has 0 aliphatic heterocycles. The number of alkyl halides is 3. The third-order valence-corrected chi connectivity index (χ3v) is 4.81. The number of carbonyl (C=O) groups is 2. The van der Waals surface area contributed by atoms with Gasteiger partial charge >= 0.3 is 6.18 Å². The van der Waals surface area contributed by atoms with E-state index in [1.165, 1.54) is 32.4 Å². The highest BCUT2D eigenvalue weighted by Gasteiger charge is 2.34. The van der Waals surface area contributed by atoms with E-state index in [9.17, 15) is 27.2 Å². The van der Waals surface area contributed by atoms with Crippen LogP contribution in [0.2, 0.25) is 0 Å². The van der Waals surface area contributed by atoms with E-state index in [1.807, 2.05) is 0 Å². The minimum atomic E-state index is -4.81. The van der Waals surface area contributed by atoms with Crippen molar-refractivity contribution in [2.75, 3.05) is 24.9 Å². The van der Waals surface area contributed by atoms with Gasteiger partial charge < -0.3 is 20.1 Å². The van der Waals surface area contributed by atoms with Crippen molar-refractivity contribution in [2.45, 2.75) is 12.6 Å². The predicted octanol–water partition coefficient (Wildman–Crippen LogP) is 5.30. The minimum Gasteiger partial charge on any atom is -0.497 e. The van der Waals surface area contributed by atoms with Crippen LogP contribution in [0.1, 0.15) is 21.5 Å². The largest absolute Gasteiger partial charge is 0.497 e. The molecular formula is C24H20F4N2O4. The quantitative estimate of drug-likeness (QED) is 0.454. The lowest BCUT2D eigenvalue weighted by molar-refractivity contribution is -0.136. The topological polar surface area (TPSA) is 76.7 Å². The second-order valence-electron chi connectivity index (χ2n) is 7.12. The molecule has 3 aromatic carbocycles. The number of amides is 2. The molecular weight excluding hydrogens is 456 g/mol. The lowest BCUT2D eigenvalue weighted by Crippen LogP contribution is -2.19. The van der Waals surface area contributed by atoms with E-state index in [0.29, 0.717) is 23.1 Å². The van der Waals surface area contributed by atoms with Gasteiger partial charge in [0.05, 0.1) is 31.9 Å². The van der Waals surface area contributed by atoms with E-state index in [-0.39, 0.29) is 17.7 Å². The molecule has 178 valence electrons. The average Bonchev–Trinajstić information content (AvgIpc) is 2.80. The van der Waals surface area contributed by atoms with Crippen LogP contribution < -0.4 is 20.1 Å². The molecule has 0 fully saturated rings. The zero-order chi connectivity index (χ0) is 24.9. The van der Waals surface area contributed by atoms with Gasteiger partial charge in [0.15, 0.2) is 0 Å². The molecule has 0 aliphatic carbocycles. The number of anilines is 2. The second kappa shape index (κ2) is 10.2. The van der Waals surface area contributed by atoms with Gasteiger partial charge in [-0.2, -0.15) is 13.2 Å². The molecule has 3 aromatic rings. The van der Waals surface area contributed by atoms with Crippen molar-refractivity contribution in [3.8, 4) is 11.5 Å². The highest BCUT2D eigenvalue weighted by Crippen LogP contribution is 2.37. The molecule has 0 saturated carbocycles. The molecule has 0 aromatic heterocycles. The first kappa shape index (κ1) is 24.6. The summed E-state index contributed by atoms with van der Waals surface area (Å²) in [5, 5.41) is 4.60. The number of carbonyl (C=O) groups excluding carboxylic acids is 2. The molecule has 0 unspecified atom stereocenters. The average molecular weight is 476 g/mol. The third-order valence-electron chi connectivity index (χ3n) is 4.81. The molecule has 0 heterocycles. The van der Waals surface area contributed by atoms with Crippen LogP contribution in [-0.2, 0) is 17.4 Å². The monoisotopic (exact) mass is 476 g/mol. The highest BCUT2D eigenvalue weighted by molar-refractivity contribution is 6.04. The first-order valence-electron chi connectivity index (χ1n) is 9.89. The van der Waals surface area contributed by atoms with E-state index in [2.05, 4.69) is 10.6 Å². The summed E-state index contributed by atoms with van der Waals surface area (Å²) in [6, 6.07) is 12.3. The Labute approximate surface area is 192 Å². The molecule has 34 heavy (non-hydrogen) atoms. The minimum absolute atomic E-state index is 0.0702. The lowest BCUT2D eigenvalue weighted by Gasteiger charge is -2.16. The number of ether oxygens (including phenoxy) is 2. The van der Waals surface area contributed by atoms with Crippen molar-refractivity contribution in [2.24, 2.45) is 0 Å². The van der Waals surface area contributed by atoms with Crippen molar-refractivity contribution in [1.29, 1.82) is 0 Å². The fourth-order valence-electron chi connectivity index (χ4n) is 3.14. The van der Waals surface area contributed by atoms with E-state index in [1.54, 1.807) is 18.2 Å². The third kappa shape index (κ3) is 6.03. The van der Waals surface area contributed by atoms with Crippen LogP contribution >= 0.6 is 0 Å². The second-order valence-corrected chi connectivity index (χ2v) is 7.12. The molecule has 2 amide bonds. The first-order valence-corrected chi connectivity index (χ1v) is 9.89. The lowest BCUT2D eigenvalue weighted by atomic mass is 10.1. The highest BCUT2D eigenvalue weighted by atomic mass is 19.4. The van der Waals surface area contributed by atoms with Gasteiger partial charge in [-0.3, -0.25) is 9.59 Å². The SMILES string of the molecule is COc1ccc(CC(=O)Nc2ccc(NC(=O)c3ccc(F)cc3)cc2C(F)(F)F)c(OC)c1. The fraction of sp³-hybridized carbons (Fsp3) is 0.167. The molecule has 2 N–H and O–H groups in total.